The molecule has 0 saturated heterocycles. The van der Waals surface area contributed by atoms with E-state index in [2.05, 4.69) is 38.5 Å². The molecule has 106 valence electrons. The first kappa shape index (κ1) is 14.7. The Bertz CT molecular complexity index is 575. The molecule has 0 radical (unpaired) electrons. The van der Waals surface area contributed by atoms with Crippen LogP contribution >= 0.6 is 15.9 Å². The van der Waals surface area contributed by atoms with Gasteiger partial charge in [-0.1, -0.05) is 6.92 Å². The standard InChI is InChI=1S/C15H18BrN3O/c1-3-7-17-15-10-12(6-8-18-15)19-11-4-5-13(16)14(9-11)20-2/h4-6,8-10H,3,7H2,1-2H3,(H2,17,18,19). The van der Waals surface area contributed by atoms with E-state index in [0.717, 1.165) is 40.4 Å². The molecule has 4 nitrogen and oxygen atoms in total. The summed E-state index contributed by atoms with van der Waals surface area (Å²) in [6, 6.07) is 9.82. The minimum atomic E-state index is 0.799. The highest BCUT2D eigenvalue weighted by molar-refractivity contribution is 9.10. The summed E-state index contributed by atoms with van der Waals surface area (Å²) in [7, 11) is 1.66. The largest absolute Gasteiger partial charge is 0.495 e. The zero-order valence-corrected chi connectivity index (χ0v) is 13.2. The Hall–Kier alpha value is -1.75. The molecular weight excluding hydrogens is 318 g/mol. The lowest BCUT2D eigenvalue weighted by atomic mass is 10.3. The van der Waals surface area contributed by atoms with Crippen LogP contribution in [0.3, 0.4) is 0 Å². The Morgan fingerprint density at radius 1 is 1.20 bits per heavy atom. The van der Waals surface area contributed by atoms with Crippen LogP contribution in [0.5, 0.6) is 5.75 Å². The minimum Gasteiger partial charge on any atom is -0.495 e. The minimum absolute atomic E-state index is 0.799. The fraction of sp³-hybridized carbons (Fsp3) is 0.267. The van der Waals surface area contributed by atoms with E-state index in [-0.39, 0.29) is 0 Å². The number of ether oxygens (including phenoxy) is 1. The zero-order chi connectivity index (χ0) is 14.4. The van der Waals surface area contributed by atoms with Gasteiger partial charge in [0.1, 0.15) is 11.6 Å². The summed E-state index contributed by atoms with van der Waals surface area (Å²) in [4.78, 5) is 4.28. The molecule has 0 unspecified atom stereocenters. The van der Waals surface area contributed by atoms with Gasteiger partial charge in [0.2, 0.25) is 0 Å². The highest BCUT2D eigenvalue weighted by Gasteiger charge is 2.03. The number of rotatable bonds is 6. The molecule has 2 N–H and O–H groups in total. The van der Waals surface area contributed by atoms with E-state index in [1.807, 2.05) is 30.3 Å². The van der Waals surface area contributed by atoms with Crippen LogP contribution in [0.4, 0.5) is 17.2 Å². The fourth-order valence-electron chi connectivity index (χ4n) is 1.76. The predicted molar refractivity (Wildman–Crippen MR) is 87.0 cm³/mol. The van der Waals surface area contributed by atoms with Gasteiger partial charge in [0.15, 0.2) is 0 Å². The Kier molecular flexibility index (Phi) is 5.24. The van der Waals surface area contributed by atoms with Gasteiger partial charge in [-0.25, -0.2) is 4.98 Å². The fourth-order valence-corrected chi connectivity index (χ4v) is 2.17. The maximum absolute atomic E-state index is 5.29. The third kappa shape index (κ3) is 3.87. The smallest absolute Gasteiger partial charge is 0.135 e. The molecule has 0 bridgehead atoms. The van der Waals surface area contributed by atoms with Crippen LogP contribution in [0.2, 0.25) is 0 Å². The maximum Gasteiger partial charge on any atom is 0.135 e. The second-order valence-corrected chi connectivity index (χ2v) is 5.19. The summed E-state index contributed by atoms with van der Waals surface area (Å²) in [6.07, 6.45) is 2.86. The van der Waals surface area contributed by atoms with Crippen LogP contribution < -0.4 is 15.4 Å². The molecule has 20 heavy (non-hydrogen) atoms. The van der Waals surface area contributed by atoms with Crippen LogP contribution in [0.1, 0.15) is 13.3 Å². The summed E-state index contributed by atoms with van der Waals surface area (Å²) in [5.41, 5.74) is 1.96. The van der Waals surface area contributed by atoms with Gasteiger partial charge in [-0.3, -0.25) is 0 Å². The van der Waals surface area contributed by atoms with E-state index in [1.165, 1.54) is 0 Å². The quantitative estimate of drug-likeness (QED) is 0.820. The van der Waals surface area contributed by atoms with E-state index in [9.17, 15) is 0 Å². The van der Waals surface area contributed by atoms with Gasteiger partial charge >= 0.3 is 0 Å². The summed E-state index contributed by atoms with van der Waals surface area (Å²) >= 11 is 3.44. The number of benzene rings is 1. The summed E-state index contributed by atoms with van der Waals surface area (Å²) < 4.78 is 6.22. The van der Waals surface area contributed by atoms with Crippen molar-refractivity contribution >= 4 is 33.1 Å². The highest BCUT2D eigenvalue weighted by Crippen LogP contribution is 2.29. The third-order valence-corrected chi connectivity index (χ3v) is 3.41. The van der Waals surface area contributed by atoms with Crippen molar-refractivity contribution in [3.05, 3.63) is 41.0 Å². The van der Waals surface area contributed by atoms with Crippen LogP contribution in [0.15, 0.2) is 41.0 Å². The van der Waals surface area contributed by atoms with Gasteiger partial charge in [0.25, 0.3) is 0 Å². The van der Waals surface area contributed by atoms with E-state index in [1.54, 1.807) is 13.3 Å². The van der Waals surface area contributed by atoms with Crippen LogP contribution in [0.25, 0.3) is 0 Å². The molecule has 2 aromatic rings. The van der Waals surface area contributed by atoms with Gasteiger partial charge in [0.05, 0.1) is 11.6 Å². The second-order valence-electron chi connectivity index (χ2n) is 4.33. The van der Waals surface area contributed by atoms with Crippen molar-refractivity contribution in [2.75, 3.05) is 24.3 Å². The van der Waals surface area contributed by atoms with Crippen molar-refractivity contribution < 1.29 is 4.74 Å². The number of pyridine rings is 1. The van der Waals surface area contributed by atoms with Gasteiger partial charge in [-0.2, -0.15) is 0 Å². The number of hydrogen-bond acceptors (Lipinski definition) is 4. The van der Waals surface area contributed by atoms with Crippen molar-refractivity contribution in [2.45, 2.75) is 13.3 Å². The molecule has 1 aromatic carbocycles. The summed E-state index contributed by atoms with van der Waals surface area (Å²) in [6.45, 7) is 3.05. The van der Waals surface area contributed by atoms with E-state index < -0.39 is 0 Å². The number of halogens is 1. The first-order valence-electron chi connectivity index (χ1n) is 6.53. The molecule has 0 fully saturated rings. The van der Waals surface area contributed by atoms with Gasteiger partial charge in [0, 0.05) is 36.2 Å². The van der Waals surface area contributed by atoms with Gasteiger partial charge in [-0.05, 0) is 40.5 Å². The summed E-state index contributed by atoms with van der Waals surface area (Å²) in [5, 5.41) is 6.61. The van der Waals surface area contributed by atoms with Crippen molar-refractivity contribution in [1.82, 2.24) is 4.98 Å². The molecule has 1 heterocycles. The topological polar surface area (TPSA) is 46.2 Å². The first-order valence-corrected chi connectivity index (χ1v) is 7.32. The molecule has 0 spiro atoms. The van der Waals surface area contributed by atoms with Crippen molar-refractivity contribution in [3.8, 4) is 5.75 Å². The third-order valence-electron chi connectivity index (χ3n) is 2.76. The van der Waals surface area contributed by atoms with Gasteiger partial charge < -0.3 is 15.4 Å². The number of methoxy groups -OCH3 is 1. The molecule has 0 amide bonds. The Morgan fingerprint density at radius 2 is 2.00 bits per heavy atom. The van der Waals surface area contributed by atoms with Crippen LogP contribution in [-0.4, -0.2) is 18.6 Å². The van der Waals surface area contributed by atoms with Gasteiger partial charge in [-0.15, -0.1) is 0 Å². The second kappa shape index (κ2) is 7.14. The lowest BCUT2D eigenvalue weighted by molar-refractivity contribution is 0.412. The van der Waals surface area contributed by atoms with Crippen LogP contribution in [0, 0.1) is 0 Å². The molecule has 2 rings (SSSR count). The highest BCUT2D eigenvalue weighted by atomic mass is 79.9. The number of anilines is 3. The van der Waals surface area contributed by atoms with Crippen molar-refractivity contribution in [3.63, 3.8) is 0 Å². The Morgan fingerprint density at radius 3 is 2.75 bits per heavy atom. The molecule has 0 aliphatic rings. The Labute approximate surface area is 127 Å². The number of aromatic nitrogens is 1. The molecule has 0 aliphatic heterocycles. The van der Waals surface area contributed by atoms with Crippen LogP contribution in [-0.2, 0) is 0 Å². The SMILES string of the molecule is CCCNc1cc(Nc2ccc(Br)c(OC)c2)ccn1. The van der Waals surface area contributed by atoms with Crippen molar-refractivity contribution in [2.24, 2.45) is 0 Å². The molecule has 0 atom stereocenters. The molecule has 0 saturated carbocycles. The normalized spacial score (nSPS) is 10.2. The molecular formula is C15H18BrN3O. The predicted octanol–water partition coefficient (Wildman–Crippen LogP) is 4.42. The maximum atomic E-state index is 5.29. The average Bonchev–Trinajstić information content (AvgIpc) is 2.47. The van der Waals surface area contributed by atoms with E-state index in [4.69, 9.17) is 4.74 Å². The number of nitrogens with zero attached hydrogens (tertiary/aromatic N) is 1. The monoisotopic (exact) mass is 335 g/mol. The molecule has 5 heteroatoms. The Balaban J connectivity index is 2.13. The zero-order valence-electron chi connectivity index (χ0n) is 11.6. The lowest BCUT2D eigenvalue weighted by Crippen LogP contribution is -2.02. The number of nitrogens with one attached hydrogen (secondary N) is 2. The summed E-state index contributed by atoms with van der Waals surface area (Å²) in [5.74, 6) is 1.68. The molecule has 0 aliphatic carbocycles. The number of hydrogen-bond donors (Lipinski definition) is 2. The van der Waals surface area contributed by atoms with E-state index >= 15 is 0 Å². The van der Waals surface area contributed by atoms with Crippen molar-refractivity contribution in [1.29, 1.82) is 0 Å². The lowest BCUT2D eigenvalue weighted by Gasteiger charge is -2.11. The van der Waals surface area contributed by atoms with E-state index in [0.29, 0.717) is 0 Å². The molecule has 1 aromatic heterocycles. The first-order chi connectivity index (χ1) is 9.72. The average molecular weight is 336 g/mol.